The Morgan fingerprint density at radius 3 is 2.67 bits per heavy atom. The molecule has 0 unspecified atom stereocenters. The van der Waals surface area contributed by atoms with Crippen molar-refractivity contribution in [3.63, 3.8) is 0 Å². The molecule has 0 amide bonds. The number of benzene rings is 1. The van der Waals surface area contributed by atoms with E-state index in [-0.39, 0.29) is 17.8 Å². The van der Waals surface area contributed by atoms with Gasteiger partial charge in [0.15, 0.2) is 0 Å². The molecular weight excluding hydrogens is 155 g/mol. The monoisotopic (exact) mass is 166 g/mol. The number of aliphatic hydroxyl groups excluding tert-OH is 1. The van der Waals surface area contributed by atoms with Crippen LogP contribution >= 0.6 is 0 Å². The first-order valence-electron chi connectivity index (χ1n) is 4.12. The second-order valence-electron chi connectivity index (χ2n) is 3.42. The summed E-state index contributed by atoms with van der Waals surface area (Å²) in [4.78, 5) is 0. The minimum Gasteiger partial charge on any atom is -0.392 e. The molecule has 1 aliphatic carbocycles. The van der Waals surface area contributed by atoms with Gasteiger partial charge in [-0.1, -0.05) is 12.1 Å². The smallest absolute Gasteiger partial charge is 0.126 e. The normalized spacial score (nSPS) is 27.2. The molecular formula is C10H11FO. The number of halogens is 1. The van der Waals surface area contributed by atoms with E-state index in [4.69, 9.17) is 5.11 Å². The molecule has 2 atom stereocenters. The highest BCUT2D eigenvalue weighted by Crippen LogP contribution is 2.40. The van der Waals surface area contributed by atoms with Crippen molar-refractivity contribution in [2.75, 3.05) is 0 Å². The second-order valence-corrected chi connectivity index (χ2v) is 3.42. The maximum absolute atomic E-state index is 13.0. The molecule has 0 bridgehead atoms. The van der Waals surface area contributed by atoms with Crippen LogP contribution in [0.3, 0.4) is 0 Å². The van der Waals surface area contributed by atoms with E-state index in [1.807, 2.05) is 6.07 Å². The van der Waals surface area contributed by atoms with Gasteiger partial charge in [0.2, 0.25) is 0 Å². The van der Waals surface area contributed by atoms with E-state index in [0.717, 1.165) is 12.0 Å². The molecule has 1 aliphatic rings. The Hall–Kier alpha value is -0.890. The zero-order valence-electron chi connectivity index (χ0n) is 6.92. The van der Waals surface area contributed by atoms with Crippen molar-refractivity contribution in [1.29, 1.82) is 0 Å². The summed E-state index contributed by atoms with van der Waals surface area (Å²) >= 11 is 0. The van der Waals surface area contributed by atoms with E-state index >= 15 is 0 Å². The third-order valence-corrected chi connectivity index (χ3v) is 2.38. The molecule has 1 saturated carbocycles. The first-order valence-corrected chi connectivity index (χ1v) is 4.12. The highest BCUT2D eigenvalue weighted by atomic mass is 19.1. The second kappa shape index (κ2) is 2.56. The summed E-state index contributed by atoms with van der Waals surface area (Å²) in [5.74, 6) is 0.00620. The van der Waals surface area contributed by atoms with Crippen LogP contribution in [0.1, 0.15) is 23.5 Å². The zero-order valence-corrected chi connectivity index (χ0v) is 6.92. The molecule has 1 nitrogen and oxygen atoms in total. The topological polar surface area (TPSA) is 20.2 Å². The lowest BCUT2D eigenvalue weighted by Crippen LogP contribution is -1.89. The van der Waals surface area contributed by atoms with Crippen LogP contribution in [0.4, 0.5) is 4.39 Å². The van der Waals surface area contributed by atoms with Crippen LogP contribution in [0.5, 0.6) is 0 Å². The number of aliphatic hydroxyl groups is 1. The van der Waals surface area contributed by atoms with Crippen molar-refractivity contribution in [2.45, 2.75) is 25.4 Å². The van der Waals surface area contributed by atoms with E-state index in [2.05, 4.69) is 0 Å². The van der Waals surface area contributed by atoms with Crippen LogP contribution in [0, 0.1) is 12.7 Å². The van der Waals surface area contributed by atoms with Crippen LogP contribution in [0.2, 0.25) is 0 Å². The minimum absolute atomic E-state index is 0.174. The van der Waals surface area contributed by atoms with Gasteiger partial charge in [0, 0.05) is 5.92 Å². The van der Waals surface area contributed by atoms with E-state index in [9.17, 15) is 4.39 Å². The predicted octanol–water partition coefficient (Wildman–Crippen LogP) is 1.98. The van der Waals surface area contributed by atoms with Gasteiger partial charge in [0.05, 0.1) is 6.10 Å². The van der Waals surface area contributed by atoms with Crippen molar-refractivity contribution < 1.29 is 9.50 Å². The third-order valence-electron chi connectivity index (χ3n) is 2.38. The molecule has 0 aromatic heterocycles. The molecule has 2 rings (SSSR count). The molecule has 1 aromatic carbocycles. The van der Waals surface area contributed by atoms with Crippen LogP contribution < -0.4 is 0 Å². The maximum Gasteiger partial charge on any atom is 0.126 e. The third kappa shape index (κ3) is 1.23. The molecule has 1 fully saturated rings. The van der Waals surface area contributed by atoms with E-state index in [1.54, 1.807) is 13.0 Å². The van der Waals surface area contributed by atoms with E-state index in [0.29, 0.717) is 5.56 Å². The van der Waals surface area contributed by atoms with Crippen molar-refractivity contribution in [2.24, 2.45) is 0 Å². The Morgan fingerprint density at radius 2 is 2.17 bits per heavy atom. The molecule has 64 valence electrons. The van der Waals surface area contributed by atoms with Gasteiger partial charge in [-0.05, 0) is 30.5 Å². The van der Waals surface area contributed by atoms with Crippen LogP contribution in [0.25, 0.3) is 0 Å². The molecule has 0 saturated heterocycles. The molecule has 0 spiro atoms. The Bertz CT molecular complexity index is 309. The Morgan fingerprint density at radius 1 is 1.50 bits per heavy atom. The number of aryl methyl sites for hydroxylation is 1. The molecule has 1 N–H and O–H groups in total. The molecule has 0 radical (unpaired) electrons. The SMILES string of the molecule is Cc1ccc([C@H]2C[C@@H]2O)cc1F. The zero-order chi connectivity index (χ0) is 8.72. The Balaban J connectivity index is 2.29. The summed E-state index contributed by atoms with van der Waals surface area (Å²) in [6.45, 7) is 1.74. The fourth-order valence-corrected chi connectivity index (χ4v) is 1.38. The summed E-state index contributed by atoms with van der Waals surface area (Å²) in [5.41, 5.74) is 1.58. The lowest BCUT2D eigenvalue weighted by atomic mass is 10.1. The minimum atomic E-state index is -0.243. The summed E-state index contributed by atoms with van der Waals surface area (Å²) < 4.78 is 13.0. The number of hydrogen-bond donors (Lipinski definition) is 1. The lowest BCUT2D eigenvalue weighted by Gasteiger charge is -2.00. The van der Waals surface area contributed by atoms with Gasteiger partial charge in [0.25, 0.3) is 0 Å². The summed E-state index contributed by atoms with van der Waals surface area (Å²) in [6.07, 6.45) is 0.537. The van der Waals surface area contributed by atoms with Crippen molar-refractivity contribution in [3.8, 4) is 0 Å². The average Bonchev–Trinajstić information content (AvgIpc) is 2.73. The van der Waals surface area contributed by atoms with Gasteiger partial charge in [-0.25, -0.2) is 4.39 Å². The van der Waals surface area contributed by atoms with Crippen molar-refractivity contribution in [3.05, 3.63) is 35.1 Å². The molecule has 0 aliphatic heterocycles. The average molecular weight is 166 g/mol. The molecule has 1 aromatic rings. The summed E-state index contributed by atoms with van der Waals surface area (Å²) in [5, 5.41) is 9.12. The largest absolute Gasteiger partial charge is 0.392 e. The van der Waals surface area contributed by atoms with E-state index in [1.165, 1.54) is 6.07 Å². The van der Waals surface area contributed by atoms with Gasteiger partial charge < -0.3 is 5.11 Å². The van der Waals surface area contributed by atoms with Crippen molar-refractivity contribution >= 4 is 0 Å². The molecule has 0 heterocycles. The van der Waals surface area contributed by atoms with Gasteiger partial charge in [-0.15, -0.1) is 0 Å². The predicted molar refractivity (Wildman–Crippen MR) is 44.5 cm³/mol. The van der Waals surface area contributed by atoms with Crippen LogP contribution in [0.15, 0.2) is 18.2 Å². The number of hydrogen-bond acceptors (Lipinski definition) is 1. The quantitative estimate of drug-likeness (QED) is 0.676. The molecule has 12 heavy (non-hydrogen) atoms. The molecule has 2 heteroatoms. The van der Waals surface area contributed by atoms with Crippen LogP contribution in [-0.2, 0) is 0 Å². The van der Waals surface area contributed by atoms with Crippen LogP contribution in [-0.4, -0.2) is 11.2 Å². The van der Waals surface area contributed by atoms with E-state index < -0.39 is 0 Å². The highest BCUT2D eigenvalue weighted by Gasteiger charge is 2.36. The number of rotatable bonds is 1. The van der Waals surface area contributed by atoms with Crippen molar-refractivity contribution in [1.82, 2.24) is 0 Å². The Labute approximate surface area is 70.8 Å². The lowest BCUT2D eigenvalue weighted by molar-refractivity contribution is 0.271. The highest BCUT2D eigenvalue weighted by molar-refractivity contribution is 5.30. The van der Waals surface area contributed by atoms with Gasteiger partial charge in [0.1, 0.15) is 5.82 Å². The standard InChI is InChI=1S/C10H11FO/c1-6-2-3-7(4-9(6)11)8-5-10(8)12/h2-4,8,10,12H,5H2,1H3/t8-,10+/m1/s1. The first-order chi connectivity index (χ1) is 5.68. The Kier molecular flexibility index (Phi) is 1.65. The van der Waals surface area contributed by atoms with Gasteiger partial charge in [-0.2, -0.15) is 0 Å². The maximum atomic E-state index is 13.0. The fourth-order valence-electron chi connectivity index (χ4n) is 1.38. The summed E-state index contributed by atoms with van der Waals surface area (Å²) in [6, 6.07) is 5.17. The fraction of sp³-hybridized carbons (Fsp3) is 0.400. The van der Waals surface area contributed by atoms with Gasteiger partial charge >= 0.3 is 0 Å². The van der Waals surface area contributed by atoms with Gasteiger partial charge in [-0.3, -0.25) is 0 Å². The first kappa shape index (κ1) is 7.74. The summed E-state index contributed by atoms with van der Waals surface area (Å²) in [7, 11) is 0.